The number of non-ortho nitro benzene ring substituents is 1. The summed E-state index contributed by atoms with van der Waals surface area (Å²) in [6.45, 7) is 0.235. The molecular formula is C17H12N4O4S. The largest absolute Gasteiger partial charge is 0.454 e. The van der Waals surface area contributed by atoms with Crippen LogP contribution in [0.2, 0.25) is 0 Å². The van der Waals surface area contributed by atoms with Gasteiger partial charge in [-0.05, 0) is 35.9 Å². The van der Waals surface area contributed by atoms with Gasteiger partial charge < -0.3 is 9.47 Å². The number of nitro benzene ring substituents is 1. The summed E-state index contributed by atoms with van der Waals surface area (Å²) in [4.78, 5) is 14.7. The molecule has 0 unspecified atom stereocenters. The molecule has 0 atom stereocenters. The van der Waals surface area contributed by atoms with Gasteiger partial charge in [0.2, 0.25) is 11.9 Å². The lowest BCUT2D eigenvalue weighted by Crippen LogP contribution is -1.93. The van der Waals surface area contributed by atoms with Gasteiger partial charge in [0.05, 0.1) is 16.8 Å². The molecule has 1 aliphatic rings. The molecule has 8 nitrogen and oxygen atoms in total. The van der Waals surface area contributed by atoms with Crippen molar-refractivity contribution in [3.05, 3.63) is 63.5 Å². The van der Waals surface area contributed by atoms with E-state index in [0.717, 1.165) is 22.6 Å². The minimum atomic E-state index is -0.428. The van der Waals surface area contributed by atoms with E-state index in [4.69, 9.17) is 9.47 Å². The fraction of sp³-hybridized carbons (Fsp3) is 0.0588. The van der Waals surface area contributed by atoms with E-state index in [1.165, 1.54) is 23.5 Å². The van der Waals surface area contributed by atoms with Crippen molar-refractivity contribution < 1.29 is 14.4 Å². The van der Waals surface area contributed by atoms with Crippen molar-refractivity contribution in [3.8, 4) is 22.8 Å². The Morgan fingerprint density at radius 3 is 2.81 bits per heavy atom. The quantitative estimate of drug-likeness (QED) is 0.417. The highest BCUT2D eigenvalue weighted by Crippen LogP contribution is 2.32. The molecule has 0 radical (unpaired) electrons. The number of benzene rings is 2. The van der Waals surface area contributed by atoms with Gasteiger partial charge in [-0.2, -0.15) is 5.10 Å². The van der Waals surface area contributed by atoms with Gasteiger partial charge in [0.15, 0.2) is 11.5 Å². The summed E-state index contributed by atoms with van der Waals surface area (Å²) in [7, 11) is 0. The highest BCUT2D eigenvalue weighted by atomic mass is 32.1. The summed E-state index contributed by atoms with van der Waals surface area (Å²) in [5.74, 6) is 1.42. The van der Waals surface area contributed by atoms with Gasteiger partial charge >= 0.3 is 0 Å². The normalized spacial score (nSPS) is 12.5. The van der Waals surface area contributed by atoms with Crippen LogP contribution in [0.5, 0.6) is 11.5 Å². The lowest BCUT2D eigenvalue weighted by Gasteiger charge is -1.98. The fourth-order valence-electron chi connectivity index (χ4n) is 2.37. The molecule has 130 valence electrons. The molecule has 0 fully saturated rings. The Hall–Kier alpha value is -3.46. The highest BCUT2D eigenvalue weighted by molar-refractivity contribution is 7.14. The monoisotopic (exact) mass is 368 g/mol. The minimum Gasteiger partial charge on any atom is -0.454 e. The maximum Gasteiger partial charge on any atom is 0.269 e. The van der Waals surface area contributed by atoms with E-state index in [1.807, 2.05) is 23.6 Å². The van der Waals surface area contributed by atoms with E-state index in [0.29, 0.717) is 10.9 Å². The second-order valence-electron chi connectivity index (χ2n) is 5.32. The Morgan fingerprint density at radius 2 is 2.00 bits per heavy atom. The molecule has 1 N–H and O–H groups in total. The molecule has 0 saturated carbocycles. The van der Waals surface area contributed by atoms with Crippen molar-refractivity contribution in [3.63, 3.8) is 0 Å². The Labute approximate surface area is 151 Å². The van der Waals surface area contributed by atoms with Crippen molar-refractivity contribution in [2.24, 2.45) is 5.10 Å². The van der Waals surface area contributed by atoms with Crippen LogP contribution in [0.3, 0.4) is 0 Å². The van der Waals surface area contributed by atoms with Crippen LogP contribution in [0.15, 0.2) is 52.9 Å². The van der Waals surface area contributed by atoms with E-state index in [9.17, 15) is 10.1 Å². The molecule has 2 aromatic carbocycles. The molecule has 0 saturated heterocycles. The molecule has 9 heteroatoms. The maximum absolute atomic E-state index is 10.7. The lowest BCUT2D eigenvalue weighted by atomic mass is 10.1. The van der Waals surface area contributed by atoms with Crippen LogP contribution in [0.25, 0.3) is 11.3 Å². The molecule has 0 amide bonds. The average Bonchev–Trinajstić information content (AvgIpc) is 3.30. The topological polar surface area (TPSA) is 98.9 Å². The summed E-state index contributed by atoms with van der Waals surface area (Å²) >= 11 is 1.40. The maximum atomic E-state index is 10.7. The van der Waals surface area contributed by atoms with Crippen LogP contribution < -0.4 is 14.9 Å². The van der Waals surface area contributed by atoms with Crippen LogP contribution in [0.4, 0.5) is 10.8 Å². The Balaban J connectivity index is 1.42. The van der Waals surface area contributed by atoms with Crippen LogP contribution in [-0.2, 0) is 0 Å². The molecule has 3 aromatic rings. The first-order valence-corrected chi connectivity index (χ1v) is 8.46. The third-order valence-electron chi connectivity index (χ3n) is 3.65. The van der Waals surface area contributed by atoms with Crippen molar-refractivity contribution in [2.75, 3.05) is 12.2 Å². The number of hydrogen-bond donors (Lipinski definition) is 1. The third kappa shape index (κ3) is 3.33. The van der Waals surface area contributed by atoms with Gasteiger partial charge in [-0.3, -0.25) is 15.5 Å². The summed E-state index contributed by atoms with van der Waals surface area (Å²) in [6.07, 6.45) is 1.66. The molecular weight excluding hydrogens is 356 g/mol. The molecule has 0 bridgehead atoms. The fourth-order valence-corrected chi connectivity index (χ4v) is 3.04. The van der Waals surface area contributed by atoms with E-state index in [1.54, 1.807) is 18.3 Å². The van der Waals surface area contributed by atoms with Crippen molar-refractivity contribution in [1.82, 2.24) is 4.98 Å². The first kappa shape index (κ1) is 16.0. The number of ether oxygens (including phenoxy) is 2. The van der Waals surface area contributed by atoms with Crippen LogP contribution >= 0.6 is 11.3 Å². The summed E-state index contributed by atoms with van der Waals surface area (Å²) in [6, 6.07) is 11.8. The van der Waals surface area contributed by atoms with Gasteiger partial charge in [-0.15, -0.1) is 11.3 Å². The zero-order valence-corrected chi connectivity index (χ0v) is 14.1. The second-order valence-corrected chi connectivity index (χ2v) is 6.18. The number of thiazole rings is 1. The zero-order valence-electron chi connectivity index (χ0n) is 13.3. The SMILES string of the molecule is O=[N+]([O-])c1ccc(-c2csc(N/N=C/c3ccc4c(c3)OCO4)n2)cc1. The Bertz CT molecular complexity index is 985. The summed E-state index contributed by atoms with van der Waals surface area (Å²) < 4.78 is 10.6. The molecule has 2 heterocycles. The number of hydrogen-bond acceptors (Lipinski definition) is 8. The average molecular weight is 368 g/mol. The number of nitrogens with one attached hydrogen (secondary N) is 1. The molecule has 0 spiro atoms. The molecule has 1 aliphatic heterocycles. The van der Waals surface area contributed by atoms with Crippen molar-refractivity contribution >= 4 is 28.4 Å². The number of anilines is 1. The predicted molar refractivity (Wildman–Crippen MR) is 98.0 cm³/mol. The number of fused-ring (bicyclic) bond motifs is 1. The van der Waals surface area contributed by atoms with Crippen LogP contribution in [0, 0.1) is 10.1 Å². The zero-order chi connectivity index (χ0) is 17.9. The van der Waals surface area contributed by atoms with Gasteiger partial charge in [0.25, 0.3) is 5.69 Å². The van der Waals surface area contributed by atoms with Gasteiger partial charge in [0, 0.05) is 23.1 Å². The minimum absolute atomic E-state index is 0.0515. The van der Waals surface area contributed by atoms with Crippen LogP contribution in [-0.4, -0.2) is 22.9 Å². The molecule has 0 aliphatic carbocycles. The van der Waals surface area contributed by atoms with Gasteiger partial charge in [-0.1, -0.05) is 0 Å². The van der Waals surface area contributed by atoms with Gasteiger partial charge in [-0.25, -0.2) is 4.98 Å². The molecule has 1 aromatic heterocycles. The lowest BCUT2D eigenvalue weighted by molar-refractivity contribution is -0.384. The Kier molecular flexibility index (Phi) is 4.20. The standard InChI is InChI=1S/C17H12N4O4S/c22-21(23)13-4-2-12(3-5-13)14-9-26-17(19-14)20-18-8-11-1-6-15-16(7-11)25-10-24-15/h1-9H,10H2,(H,19,20)/b18-8+. The van der Waals surface area contributed by atoms with Gasteiger partial charge in [0.1, 0.15) is 0 Å². The number of nitro groups is 1. The van der Waals surface area contributed by atoms with E-state index < -0.39 is 4.92 Å². The third-order valence-corrected chi connectivity index (χ3v) is 4.40. The van der Waals surface area contributed by atoms with E-state index in [-0.39, 0.29) is 12.5 Å². The predicted octanol–water partition coefficient (Wildman–Crippen LogP) is 3.89. The smallest absolute Gasteiger partial charge is 0.269 e. The first-order valence-electron chi connectivity index (χ1n) is 7.58. The Morgan fingerprint density at radius 1 is 1.19 bits per heavy atom. The highest BCUT2D eigenvalue weighted by Gasteiger charge is 2.12. The van der Waals surface area contributed by atoms with Crippen LogP contribution in [0.1, 0.15) is 5.56 Å². The number of hydrazone groups is 1. The first-order chi connectivity index (χ1) is 12.7. The van der Waals surface area contributed by atoms with E-state index in [2.05, 4.69) is 15.5 Å². The van der Waals surface area contributed by atoms with E-state index >= 15 is 0 Å². The van der Waals surface area contributed by atoms with Crippen molar-refractivity contribution in [2.45, 2.75) is 0 Å². The summed E-state index contributed by atoms with van der Waals surface area (Å²) in [5.41, 5.74) is 5.33. The summed E-state index contributed by atoms with van der Waals surface area (Å²) in [5, 5.41) is 17.4. The number of aromatic nitrogens is 1. The molecule has 26 heavy (non-hydrogen) atoms. The molecule has 4 rings (SSSR count). The number of nitrogens with zero attached hydrogens (tertiary/aromatic N) is 3. The second kappa shape index (κ2) is 6.81. The van der Waals surface area contributed by atoms with Crippen molar-refractivity contribution in [1.29, 1.82) is 0 Å². The number of rotatable bonds is 5.